The standard InChI is InChI=1S/C23H28N2O4/c1-16-9-11-17(12-10-16)23(27)25-13-5-7-19(15-25)22(26)24-14-18-6-4-8-20(28-2)21(18)29-3/h4,6,8-12,19H,5,7,13-15H2,1-3H3,(H,24,26). The monoisotopic (exact) mass is 396 g/mol. The number of piperidine rings is 1. The van der Waals surface area contributed by atoms with Gasteiger partial charge in [-0.3, -0.25) is 9.59 Å². The summed E-state index contributed by atoms with van der Waals surface area (Å²) in [7, 11) is 3.17. The van der Waals surface area contributed by atoms with E-state index in [9.17, 15) is 9.59 Å². The molecule has 0 radical (unpaired) electrons. The zero-order valence-corrected chi connectivity index (χ0v) is 17.2. The van der Waals surface area contributed by atoms with E-state index in [1.807, 2.05) is 49.4 Å². The van der Waals surface area contributed by atoms with E-state index in [0.29, 0.717) is 36.7 Å². The van der Waals surface area contributed by atoms with E-state index in [-0.39, 0.29) is 17.7 Å². The number of hydrogen-bond acceptors (Lipinski definition) is 4. The van der Waals surface area contributed by atoms with E-state index in [2.05, 4.69) is 5.32 Å². The minimum Gasteiger partial charge on any atom is -0.493 e. The highest BCUT2D eigenvalue weighted by atomic mass is 16.5. The topological polar surface area (TPSA) is 67.9 Å². The molecule has 0 aromatic heterocycles. The first kappa shape index (κ1) is 20.7. The molecule has 2 aromatic rings. The Balaban J connectivity index is 1.61. The van der Waals surface area contributed by atoms with Gasteiger partial charge in [-0.1, -0.05) is 29.8 Å². The van der Waals surface area contributed by atoms with Gasteiger partial charge in [0.25, 0.3) is 5.91 Å². The molecule has 3 rings (SSSR count). The number of nitrogens with one attached hydrogen (secondary N) is 1. The van der Waals surface area contributed by atoms with Gasteiger partial charge in [0.05, 0.1) is 20.1 Å². The van der Waals surface area contributed by atoms with Crippen LogP contribution in [0.1, 0.15) is 34.3 Å². The fourth-order valence-corrected chi connectivity index (χ4v) is 3.67. The van der Waals surface area contributed by atoms with Gasteiger partial charge in [-0.15, -0.1) is 0 Å². The number of aryl methyl sites for hydroxylation is 1. The van der Waals surface area contributed by atoms with E-state index >= 15 is 0 Å². The minimum atomic E-state index is -0.213. The molecule has 1 atom stereocenters. The predicted molar refractivity (Wildman–Crippen MR) is 111 cm³/mol. The molecule has 0 bridgehead atoms. The molecule has 1 aliphatic rings. The molecule has 29 heavy (non-hydrogen) atoms. The van der Waals surface area contributed by atoms with Crippen LogP contribution in [0.2, 0.25) is 0 Å². The lowest BCUT2D eigenvalue weighted by Gasteiger charge is -2.32. The number of carbonyl (C=O) groups is 2. The molecule has 1 heterocycles. The summed E-state index contributed by atoms with van der Waals surface area (Å²) in [6.45, 7) is 3.46. The average molecular weight is 396 g/mol. The molecular weight excluding hydrogens is 368 g/mol. The Bertz CT molecular complexity index is 864. The van der Waals surface area contributed by atoms with Gasteiger partial charge < -0.3 is 19.7 Å². The summed E-state index contributed by atoms with van der Waals surface area (Å²) in [6, 6.07) is 13.1. The van der Waals surface area contributed by atoms with Crippen LogP contribution in [-0.4, -0.2) is 44.0 Å². The lowest BCUT2D eigenvalue weighted by atomic mass is 9.96. The summed E-state index contributed by atoms with van der Waals surface area (Å²) >= 11 is 0. The Labute approximate surface area is 171 Å². The number of ether oxygens (including phenoxy) is 2. The Morgan fingerprint density at radius 3 is 2.55 bits per heavy atom. The third kappa shape index (κ3) is 4.88. The van der Waals surface area contributed by atoms with Gasteiger partial charge in [0, 0.05) is 30.8 Å². The summed E-state index contributed by atoms with van der Waals surface area (Å²) < 4.78 is 10.7. The second kappa shape index (κ2) is 9.45. The van der Waals surface area contributed by atoms with Crippen LogP contribution in [0.15, 0.2) is 42.5 Å². The number of benzene rings is 2. The summed E-state index contributed by atoms with van der Waals surface area (Å²) in [5.41, 5.74) is 2.63. The van der Waals surface area contributed by atoms with Crippen molar-refractivity contribution in [3.05, 3.63) is 59.2 Å². The molecule has 1 N–H and O–H groups in total. The first-order chi connectivity index (χ1) is 14.0. The van der Waals surface area contributed by atoms with Crippen molar-refractivity contribution in [3.8, 4) is 11.5 Å². The van der Waals surface area contributed by atoms with Crippen molar-refractivity contribution in [2.45, 2.75) is 26.3 Å². The van der Waals surface area contributed by atoms with Crippen molar-refractivity contribution in [1.82, 2.24) is 10.2 Å². The van der Waals surface area contributed by atoms with Crippen molar-refractivity contribution >= 4 is 11.8 Å². The molecule has 154 valence electrons. The van der Waals surface area contributed by atoms with E-state index in [4.69, 9.17) is 9.47 Å². The highest BCUT2D eigenvalue weighted by Gasteiger charge is 2.29. The van der Waals surface area contributed by atoms with Gasteiger partial charge in [-0.2, -0.15) is 0 Å². The molecule has 2 aromatic carbocycles. The van der Waals surface area contributed by atoms with Gasteiger partial charge in [-0.05, 0) is 38.0 Å². The Hall–Kier alpha value is -3.02. The van der Waals surface area contributed by atoms with E-state index < -0.39 is 0 Å². The maximum Gasteiger partial charge on any atom is 0.253 e. The third-order valence-electron chi connectivity index (χ3n) is 5.32. The summed E-state index contributed by atoms with van der Waals surface area (Å²) in [4.78, 5) is 27.3. The zero-order chi connectivity index (χ0) is 20.8. The van der Waals surface area contributed by atoms with Gasteiger partial charge in [-0.25, -0.2) is 0 Å². The highest BCUT2D eigenvalue weighted by molar-refractivity contribution is 5.94. The Kier molecular flexibility index (Phi) is 6.75. The van der Waals surface area contributed by atoms with E-state index in [1.165, 1.54) is 0 Å². The van der Waals surface area contributed by atoms with Gasteiger partial charge in [0.1, 0.15) is 0 Å². The molecule has 0 spiro atoms. The second-order valence-corrected chi connectivity index (χ2v) is 7.33. The number of hydrogen-bond donors (Lipinski definition) is 1. The lowest BCUT2D eigenvalue weighted by Crippen LogP contribution is -2.45. The molecule has 1 fully saturated rings. The molecule has 6 heteroatoms. The molecule has 1 saturated heterocycles. The number of methoxy groups -OCH3 is 2. The smallest absolute Gasteiger partial charge is 0.253 e. The minimum absolute atomic E-state index is 0.0167. The lowest BCUT2D eigenvalue weighted by molar-refractivity contribution is -0.126. The predicted octanol–water partition coefficient (Wildman–Crippen LogP) is 3.18. The SMILES string of the molecule is COc1cccc(CNC(=O)C2CCCN(C(=O)c3ccc(C)cc3)C2)c1OC. The van der Waals surface area contributed by atoms with Gasteiger partial charge in [0.2, 0.25) is 5.91 Å². The molecule has 1 unspecified atom stereocenters. The van der Waals surface area contributed by atoms with Crippen LogP contribution in [0, 0.1) is 12.8 Å². The maximum absolute atomic E-state index is 12.8. The highest BCUT2D eigenvalue weighted by Crippen LogP contribution is 2.30. The number of nitrogens with zero attached hydrogens (tertiary/aromatic N) is 1. The number of carbonyl (C=O) groups excluding carboxylic acids is 2. The molecule has 0 aliphatic carbocycles. The number of para-hydroxylation sites is 1. The van der Waals surface area contributed by atoms with Crippen molar-refractivity contribution in [2.24, 2.45) is 5.92 Å². The Morgan fingerprint density at radius 2 is 1.86 bits per heavy atom. The van der Waals surface area contributed by atoms with Crippen molar-refractivity contribution in [1.29, 1.82) is 0 Å². The molecule has 1 aliphatic heterocycles. The molecule has 0 saturated carbocycles. The number of likely N-dealkylation sites (tertiary alicyclic amines) is 1. The van der Waals surface area contributed by atoms with Crippen LogP contribution in [0.25, 0.3) is 0 Å². The maximum atomic E-state index is 12.8. The Morgan fingerprint density at radius 1 is 1.10 bits per heavy atom. The van der Waals surface area contributed by atoms with Gasteiger partial charge >= 0.3 is 0 Å². The third-order valence-corrected chi connectivity index (χ3v) is 5.32. The van der Waals surface area contributed by atoms with Crippen molar-refractivity contribution in [3.63, 3.8) is 0 Å². The van der Waals surface area contributed by atoms with Crippen LogP contribution >= 0.6 is 0 Å². The summed E-state index contributed by atoms with van der Waals surface area (Å²) in [6.07, 6.45) is 1.59. The largest absolute Gasteiger partial charge is 0.493 e. The summed E-state index contributed by atoms with van der Waals surface area (Å²) in [5, 5.41) is 2.99. The number of rotatable bonds is 6. The van der Waals surface area contributed by atoms with Crippen LogP contribution in [-0.2, 0) is 11.3 Å². The second-order valence-electron chi connectivity index (χ2n) is 7.33. The molecule has 6 nitrogen and oxygen atoms in total. The van der Waals surface area contributed by atoms with Crippen molar-refractivity contribution < 1.29 is 19.1 Å². The van der Waals surface area contributed by atoms with Crippen LogP contribution in [0.3, 0.4) is 0 Å². The fraction of sp³-hybridized carbons (Fsp3) is 0.391. The molecule has 2 amide bonds. The first-order valence-corrected chi connectivity index (χ1v) is 9.87. The van der Waals surface area contributed by atoms with E-state index in [0.717, 1.165) is 24.0 Å². The quantitative estimate of drug-likeness (QED) is 0.814. The average Bonchev–Trinajstić information content (AvgIpc) is 2.77. The zero-order valence-electron chi connectivity index (χ0n) is 17.2. The number of amides is 2. The van der Waals surface area contributed by atoms with Crippen LogP contribution in [0.5, 0.6) is 11.5 Å². The fourth-order valence-electron chi connectivity index (χ4n) is 3.67. The van der Waals surface area contributed by atoms with Crippen LogP contribution in [0.4, 0.5) is 0 Å². The van der Waals surface area contributed by atoms with Gasteiger partial charge in [0.15, 0.2) is 11.5 Å². The molecular formula is C23H28N2O4. The van der Waals surface area contributed by atoms with Crippen LogP contribution < -0.4 is 14.8 Å². The first-order valence-electron chi connectivity index (χ1n) is 9.87. The van der Waals surface area contributed by atoms with E-state index in [1.54, 1.807) is 19.1 Å². The summed E-state index contributed by atoms with van der Waals surface area (Å²) in [5.74, 6) is 0.977. The normalized spacial score (nSPS) is 16.2. The van der Waals surface area contributed by atoms with Crippen molar-refractivity contribution in [2.75, 3.05) is 27.3 Å².